The van der Waals surface area contributed by atoms with Crippen LogP contribution in [-0.2, 0) is 4.79 Å². The molecule has 0 aliphatic heterocycles. The van der Waals surface area contributed by atoms with Crippen molar-refractivity contribution in [2.24, 2.45) is 0 Å². The minimum atomic E-state index is -0.498. The van der Waals surface area contributed by atoms with Gasteiger partial charge in [0.25, 0.3) is 0 Å². The normalized spacial score (nSPS) is 11.3. The number of amides is 1. The second-order valence-electron chi connectivity index (χ2n) is 3.57. The van der Waals surface area contributed by atoms with Crippen LogP contribution in [0.15, 0.2) is 24.3 Å². The van der Waals surface area contributed by atoms with Crippen molar-refractivity contribution in [1.29, 1.82) is 5.26 Å². The van der Waals surface area contributed by atoms with E-state index >= 15 is 0 Å². The van der Waals surface area contributed by atoms with Gasteiger partial charge >= 0.3 is 0 Å². The average Bonchev–Trinajstić information content (AvgIpc) is 2.28. The maximum Gasteiger partial charge on any atom is 0.222 e. The zero-order chi connectivity index (χ0) is 12.0. The molecule has 4 nitrogen and oxygen atoms in total. The Labute approximate surface area is 95.3 Å². The third-order valence-electron chi connectivity index (χ3n) is 2.18. The number of nitriles is 1. The van der Waals surface area contributed by atoms with Crippen molar-refractivity contribution in [3.8, 4) is 6.07 Å². The van der Waals surface area contributed by atoms with Crippen molar-refractivity contribution >= 4 is 11.6 Å². The fourth-order valence-corrected chi connectivity index (χ4v) is 1.35. The number of carbonyl (C=O) groups excluding carboxylic acids is 1. The van der Waals surface area contributed by atoms with E-state index in [9.17, 15) is 4.79 Å². The molecule has 0 radical (unpaired) electrons. The number of benzene rings is 1. The second-order valence-corrected chi connectivity index (χ2v) is 3.57. The van der Waals surface area contributed by atoms with Crippen LogP contribution in [0.2, 0.25) is 0 Å². The van der Waals surface area contributed by atoms with Crippen LogP contribution in [-0.4, -0.2) is 19.0 Å². The van der Waals surface area contributed by atoms with E-state index in [1.54, 1.807) is 7.05 Å². The summed E-state index contributed by atoms with van der Waals surface area (Å²) in [5.41, 5.74) is 1.97. The number of nitrogens with zero attached hydrogens (tertiary/aromatic N) is 1. The van der Waals surface area contributed by atoms with Gasteiger partial charge in [0, 0.05) is 12.7 Å². The van der Waals surface area contributed by atoms with Gasteiger partial charge in [0.05, 0.1) is 12.5 Å². The van der Waals surface area contributed by atoms with Crippen LogP contribution in [0.5, 0.6) is 0 Å². The molecule has 0 saturated heterocycles. The lowest BCUT2D eigenvalue weighted by Crippen LogP contribution is -2.27. The van der Waals surface area contributed by atoms with Crippen LogP contribution in [0.25, 0.3) is 0 Å². The zero-order valence-corrected chi connectivity index (χ0v) is 9.45. The van der Waals surface area contributed by atoms with Crippen LogP contribution >= 0.6 is 0 Å². The molecule has 1 aromatic carbocycles. The number of anilines is 1. The Bertz CT molecular complexity index is 409. The molecule has 0 aromatic heterocycles. The van der Waals surface area contributed by atoms with Gasteiger partial charge in [-0.3, -0.25) is 4.79 Å². The van der Waals surface area contributed by atoms with Crippen LogP contribution < -0.4 is 10.6 Å². The van der Waals surface area contributed by atoms with E-state index in [-0.39, 0.29) is 12.3 Å². The van der Waals surface area contributed by atoms with Crippen LogP contribution in [0.3, 0.4) is 0 Å². The quantitative estimate of drug-likeness (QED) is 0.802. The second kappa shape index (κ2) is 5.76. The fraction of sp³-hybridized carbons (Fsp3) is 0.333. The van der Waals surface area contributed by atoms with Gasteiger partial charge in [0.1, 0.15) is 6.04 Å². The van der Waals surface area contributed by atoms with Crippen molar-refractivity contribution in [1.82, 2.24) is 5.32 Å². The van der Waals surface area contributed by atoms with Gasteiger partial charge in [0.15, 0.2) is 0 Å². The van der Waals surface area contributed by atoms with Gasteiger partial charge in [-0.1, -0.05) is 12.1 Å². The summed E-state index contributed by atoms with van der Waals surface area (Å²) in [7, 11) is 1.56. The van der Waals surface area contributed by atoms with E-state index in [4.69, 9.17) is 5.26 Å². The Morgan fingerprint density at radius 3 is 2.88 bits per heavy atom. The Morgan fingerprint density at radius 1 is 1.56 bits per heavy atom. The predicted molar refractivity (Wildman–Crippen MR) is 62.9 cm³/mol. The van der Waals surface area contributed by atoms with Crippen molar-refractivity contribution in [3.63, 3.8) is 0 Å². The molecule has 0 heterocycles. The van der Waals surface area contributed by atoms with Gasteiger partial charge in [-0.05, 0) is 24.6 Å². The number of hydrogen-bond acceptors (Lipinski definition) is 3. The maximum absolute atomic E-state index is 11.1. The summed E-state index contributed by atoms with van der Waals surface area (Å²) in [5.74, 6) is -0.147. The van der Waals surface area contributed by atoms with Gasteiger partial charge in [-0.15, -0.1) is 0 Å². The van der Waals surface area contributed by atoms with Crippen LogP contribution in [0, 0.1) is 18.3 Å². The van der Waals surface area contributed by atoms with E-state index in [1.165, 1.54) is 0 Å². The summed E-state index contributed by atoms with van der Waals surface area (Å²) in [6.07, 6.45) is 0.154. The Balaban J connectivity index is 2.64. The topological polar surface area (TPSA) is 64.9 Å². The third-order valence-corrected chi connectivity index (χ3v) is 2.18. The lowest BCUT2D eigenvalue weighted by atomic mass is 10.1. The molecule has 1 atom stereocenters. The summed E-state index contributed by atoms with van der Waals surface area (Å²) in [5, 5.41) is 14.4. The molecular formula is C12H15N3O. The van der Waals surface area contributed by atoms with Crippen LogP contribution in [0.4, 0.5) is 5.69 Å². The average molecular weight is 217 g/mol. The minimum absolute atomic E-state index is 0.147. The van der Waals surface area contributed by atoms with E-state index in [1.807, 2.05) is 31.2 Å². The number of nitrogens with one attached hydrogen (secondary N) is 2. The molecule has 1 rings (SSSR count). The molecule has 0 aliphatic rings. The molecular weight excluding hydrogens is 202 g/mol. The standard InChI is InChI=1S/C12H15N3O/c1-9-4-3-5-10(6-9)15-11(8-13)7-12(16)14-2/h3-6,11,15H,7H2,1-2H3,(H,14,16). The molecule has 1 unspecified atom stereocenters. The van der Waals surface area contributed by atoms with E-state index in [2.05, 4.69) is 16.7 Å². The summed E-state index contributed by atoms with van der Waals surface area (Å²) < 4.78 is 0. The first-order valence-corrected chi connectivity index (χ1v) is 5.09. The molecule has 1 amide bonds. The van der Waals surface area contributed by atoms with Crippen molar-refractivity contribution in [2.45, 2.75) is 19.4 Å². The molecule has 0 fully saturated rings. The van der Waals surface area contributed by atoms with Crippen molar-refractivity contribution in [3.05, 3.63) is 29.8 Å². The fourth-order valence-electron chi connectivity index (χ4n) is 1.35. The molecule has 84 valence electrons. The molecule has 0 saturated carbocycles. The van der Waals surface area contributed by atoms with Gasteiger partial charge in [-0.2, -0.15) is 5.26 Å². The zero-order valence-electron chi connectivity index (χ0n) is 9.45. The van der Waals surface area contributed by atoms with Crippen molar-refractivity contribution in [2.75, 3.05) is 12.4 Å². The molecule has 0 aliphatic carbocycles. The Kier molecular flexibility index (Phi) is 4.34. The van der Waals surface area contributed by atoms with E-state index < -0.39 is 6.04 Å². The van der Waals surface area contributed by atoms with E-state index in [0.29, 0.717) is 0 Å². The maximum atomic E-state index is 11.1. The Hall–Kier alpha value is -2.02. The molecule has 0 spiro atoms. The number of carbonyl (C=O) groups is 1. The van der Waals surface area contributed by atoms with Gasteiger partial charge < -0.3 is 10.6 Å². The molecule has 4 heteroatoms. The predicted octanol–water partition coefficient (Wildman–Crippen LogP) is 1.44. The molecule has 2 N–H and O–H groups in total. The molecule has 1 aromatic rings. The highest BCUT2D eigenvalue weighted by atomic mass is 16.1. The highest BCUT2D eigenvalue weighted by Crippen LogP contribution is 2.11. The number of hydrogen-bond donors (Lipinski definition) is 2. The van der Waals surface area contributed by atoms with Crippen LogP contribution in [0.1, 0.15) is 12.0 Å². The summed E-state index contributed by atoms with van der Waals surface area (Å²) in [6, 6.07) is 9.27. The van der Waals surface area contributed by atoms with Crippen molar-refractivity contribution < 1.29 is 4.79 Å². The highest BCUT2D eigenvalue weighted by Gasteiger charge is 2.11. The van der Waals surface area contributed by atoms with Gasteiger partial charge in [-0.25, -0.2) is 0 Å². The van der Waals surface area contributed by atoms with Gasteiger partial charge in [0.2, 0.25) is 5.91 Å². The highest BCUT2D eigenvalue weighted by molar-refractivity contribution is 5.77. The largest absolute Gasteiger partial charge is 0.369 e. The lowest BCUT2D eigenvalue weighted by molar-refractivity contribution is -0.120. The third kappa shape index (κ3) is 3.62. The summed E-state index contributed by atoms with van der Waals surface area (Å²) >= 11 is 0. The lowest BCUT2D eigenvalue weighted by Gasteiger charge is -2.12. The first kappa shape index (κ1) is 12.1. The van der Waals surface area contributed by atoms with E-state index in [0.717, 1.165) is 11.3 Å². The summed E-state index contributed by atoms with van der Waals surface area (Å²) in [4.78, 5) is 11.1. The molecule has 16 heavy (non-hydrogen) atoms. The SMILES string of the molecule is CNC(=O)CC(C#N)Nc1cccc(C)c1. The number of aryl methyl sites for hydroxylation is 1. The first-order valence-electron chi connectivity index (χ1n) is 5.09. The monoisotopic (exact) mass is 217 g/mol. The summed E-state index contributed by atoms with van der Waals surface area (Å²) in [6.45, 7) is 1.98. The first-order chi connectivity index (χ1) is 7.65. The minimum Gasteiger partial charge on any atom is -0.369 e. The smallest absolute Gasteiger partial charge is 0.222 e. The molecule has 0 bridgehead atoms. The number of rotatable bonds is 4. The Morgan fingerprint density at radius 2 is 2.31 bits per heavy atom.